The molecule has 0 aromatic heterocycles. The van der Waals surface area contributed by atoms with Gasteiger partial charge in [-0.3, -0.25) is 14.4 Å². The van der Waals surface area contributed by atoms with Crippen molar-refractivity contribution in [3.8, 4) is 0 Å². The normalized spacial score (nSPS) is 16.3. The molecule has 0 aromatic carbocycles. The quantitative estimate of drug-likeness (QED) is 0.179. The predicted octanol–water partition coefficient (Wildman–Crippen LogP) is -1.68. The number of carbonyl (C=O) groups is 4. The molecule has 0 saturated heterocycles. The second-order valence-electron chi connectivity index (χ2n) is 8.24. The Labute approximate surface area is 176 Å². The molecule has 0 aliphatic heterocycles. The van der Waals surface area contributed by atoms with Crippen molar-refractivity contribution in [3.63, 3.8) is 0 Å². The third kappa shape index (κ3) is 9.99. The monoisotopic (exact) mass is 432 g/mol. The van der Waals surface area contributed by atoms with Gasteiger partial charge in [0.15, 0.2) is 0 Å². The zero-order valence-electron chi connectivity index (χ0n) is 18.2. The first kappa shape index (κ1) is 27.8. The minimum absolute atomic E-state index is 0.0185. The van der Waals surface area contributed by atoms with Crippen LogP contribution in [0, 0.1) is 11.8 Å². The highest BCUT2D eigenvalue weighted by atomic mass is 16.4. The van der Waals surface area contributed by atoms with Gasteiger partial charge < -0.3 is 37.0 Å². The van der Waals surface area contributed by atoms with E-state index >= 15 is 0 Å². The summed E-state index contributed by atoms with van der Waals surface area (Å²) in [5.41, 5.74) is 5.76. The molecule has 0 spiro atoms. The number of carboxylic acid groups (broad SMARTS) is 1. The van der Waals surface area contributed by atoms with E-state index in [0.717, 1.165) is 0 Å². The van der Waals surface area contributed by atoms with Gasteiger partial charge in [-0.1, -0.05) is 27.7 Å². The highest BCUT2D eigenvalue weighted by molar-refractivity contribution is 5.94. The number of aliphatic hydroxyl groups excluding tert-OH is 2. The maximum atomic E-state index is 12.5. The van der Waals surface area contributed by atoms with E-state index in [4.69, 9.17) is 5.73 Å². The van der Waals surface area contributed by atoms with Crippen molar-refractivity contribution in [3.05, 3.63) is 0 Å². The first-order valence-electron chi connectivity index (χ1n) is 9.98. The van der Waals surface area contributed by atoms with Gasteiger partial charge in [-0.15, -0.1) is 0 Å². The molecule has 11 heteroatoms. The molecule has 0 saturated carbocycles. The zero-order valence-corrected chi connectivity index (χ0v) is 18.2. The Morgan fingerprint density at radius 1 is 0.800 bits per heavy atom. The van der Waals surface area contributed by atoms with Crippen LogP contribution in [0.3, 0.4) is 0 Å². The number of hydrogen-bond donors (Lipinski definition) is 7. The Hall–Kier alpha value is -2.24. The van der Waals surface area contributed by atoms with Crippen molar-refractivity contribution in [2.45, 2.75) is 77.7 Å². The smallest absolute Gasteiger partial charge is 0.326 e. The van der Waals surface area contributed by atoms with Gasteiger partial charge in [-0.2, -0.15) is 0 Å². The molecule has 5 atom stereocenters. The molecule has 174 valence electrons. The Kier molecular flexibility index (Phi) is 12.2. The minimum atomic E-state index is -1.48. The second kappa shape index (κ2) is 13.1. The second-order valence-corrected chi connectivity index (χ2v) is 8.24. The fourth-order valence-electron chi connectivity index (χ4n) is 2.70. The van der Waals surface area contributed by atoms with Crippen molar-refractivity contribution in [1.29, 1.82) is 0 Å². The Balaban J connectivity index is 5.17. The van der Waals surface area contributed by atoms with Crippen LogP contribution < -0.4 is 21.7 Å². The summed E-state index contributed by atoms with van der Waals surface area (Å²) in [7, 11) is 0. The van der Waals surface area contributed by atoms with Crippen molar-refractivity contribution in [2.75, 3.05) is 6.61 Å². The lowest BCUT2D eigenvalue weighted by Crippen LogP contribution is -2.60. The number of carbonyl (C=O) groups excluding carboxylic acids is 3. The third-order valence-electron chi connectivity index (χ3n) is 4.26. The van der Waals surface area contributed by atoms with Gasteiger partial charge in [-0.25, -0.2) is 4.79 Å². The topological polar surface area (TPSA) is 191 Å². The lowest BCUT2D eigenvalue weighted by Gasteiger charge is -2.26. The van der Waals surface area contributed by atoms with E-state index < -0.39 is 60.6 Å². The zero-order chi connectivity index (χ0) is 23.6. The minimum Gasteiger partial charge on any atom is -0.480 e. The van der Waals surface area contributed by atoms with Gasteiger partial charge >= 0.3 is 5.97 Å². The largest absolute Gasteiger partial charge is 0.480 e. The van der Waals surface area contributed by atoms with Crippen molar-refractivity contribution in [1.82, 2.24) is 16.0 Å². The van der Waals surface area contributed by atoms with Crippen molar-refractivity contribution >= 4 is 23.7 Å². The lowest BCUT2D eigenvalue weighted by molar-refractivity contribution is -0.143. The maximum absolute atomic E-state index is 12.5. The van der Waals surface area contributed by atoms with Gasteiger partial charge in [0.1, 0.15) is 18.1 Å². The van der Waals surface area contributed by atoms with E-state index in [-0.39, 0.29) is 18.3 Å². The number of rotatable bonds is 13. The van der Waals surface area contributed by atoms with Gasteiger partial charge in [-0.05, 0) is 31.6 Å². The molecule has 0 fully saturated rings. The van der Waals surface area contributed by atoms with Gasteiger partial charge in [0, 0.05) is 0 Å². The van der Waals surface area contributed by atoms with Crippen LogP contribution in [0.25, 0.3) is 0 Å². The van der Waals surface area contributed by atoms with E-state index in [9.17, 15) is 34.5 Å². The highest BCUT2D eigenvalue weighted by Crippen LogP contribution is 2.07. The van der Waals surface area contributed by atoms with E-state index in [0.29, 0.717) is 6.42 Å². The first-order chi connectivity index (χ1) is 13.8. The summed E-state index contributed by atoms with van der Waals surface area (Å²) in [5, 5.41) is 35.4. The Morgan fingerprint density at radius 3 is 1.70 bits per heavy atom. The molecule has 0 bridgehead atoms. The number of nitrogens with two attached hydrogens (primary N) is 1. The van der Waals surface area contributed by atoms with Crippen LogP contribution in [-0.2, 0) is 19.2 Å². The van der Waals surface area contributed by atoms with E-state index in [1.807, 2.05) is 13.8 Å². The molecule has 0 heterocycles. The summed E-state index contributed by atoms with van der Waals surface area (Å²) in [6.45, 7) is 7.81. The molecule has 0 radical (unpaired) electrons. The van der Waals surface area contributed by atoms with E-state index in [1.54, 1.807) is 13.8 Å². The average molecular weight is 433 g/mol. The molecule has 5 unspecified atom stereocenters. The molecular formula is C19H36N4O7. The Morgan fingerprint density at radius 2 is 1.30 bits per heavy atom. The van der Waals surface area contributed by atoms with Crippen molar-refractivity contribution < 1.29 is 34.5 Å². The summed E-state index contributed by atoms with van der Waals surface area (Å²) in [6.07, 6.45) is -0.831. The van der Waals surface area contributed by atoms with Gasteiger partial charge in [0.05, 0.1) is 18.8 Å². The van der Waals surface area contributed by atoms with Crippen LogP contribution in [0.1, 0.15) is 47.5 Å². The highest BCUT2D eigenvalue weighted by Gasteiger charge is 2.32. The van der Waals surface area contributed by atoms with Crippen LogP contribution in [0.5, 0.6) is 0 Å². The molecule has 3 amide bonds. The number of amides is 3. The fourth-order valence-corrected chi connectivity index (χ4v) is 2.70. The standard InChI is InChI=1S/C19H36N4O7/c1-9(2)6-12(20)16(26)22-14(8-24)17(27)23-15(11(5)25)18(28)21-13(19(29)30)7-10(3)4/h9-15,24-25H,6-8,20H2,1-5H3,(H,21,28)(H,22,26)(H,23,27)(H,29,30). The predicted molar refractivity (Wildman–Crippen MR) is 109 cm³/mol. The Bertz CT molecular complexity index is 595. The summed E-state index contributed by atoms with van der Waals surface area (Å²) >= 11 is 0. The van der Waals surface area contributed by atoms with Crippen LogP contribution in [-0.4, -0.2) is 75.9 Å². The molecule has 0 aromatic rings. The molecule has 11 nitrogen and oxygen atoms in total. The van der Waals surface area contributed by atoms with Gasteiger partial charge in [0.25, 0.3) is 0 Å². The van der Waals surface area contributed by atoms with Gasteiger partial charge in [0.2, 0.25) is 17.7 Å². The van der Waals surface area contributed by atoms with Crippen LogP contribution in [0.4, 0.5) is 0 Å². The molecular weight excluding hydrogens is 396 g/mol. The molecule has 0 aliphatic carbocycles. The van der Waals surface area contributed by atoms with Crippen LogP contribution in [0.15, 0.2) is 0 Å². The third-order valence-corrected chi connectivity index (χ3v) is 4.26. The van der Waals surface area contributed by atoms with E-state index in [1.165, 1.54) is 6.92 Å². The lowest BCUT2D eigenvalue weighted by atomic mass is 10.0. The SMILES string of the molecule is CC(C)CC(N)C(=O)NC(CO)C(=O)NC(C(=O)NC(CC(C)C)C(=O)O)C(C)O. The molecule has 8 N–H and O–H groups in total. The number of hydrogen-bond acceptors (Lipinski definition) is 7. The summed E-state index contributed by atoms with van der Waals surface area (Å²) in [4.78, 5) is 48.3. The first-order valence-corrected chi connectivity index (χ1v) is 9.98. The summed E-state index contributed by atoms with van der Waals surface area (Å²) in [5.74, 6) is -3.57. The maximum Gasteiger partial charge on any atom is 0.326 e. The van der Waals surface area contributed by atoms with E-state index in [2.05, 4.69) is 16.0 Å². The molecule has 30 heavy (non-hydrogen) atoms. The van der Waals surface area contributed by atoms with Crippen LogP contribution in [0.2, 0.25) is 0 Å². The summed E-state index contributed by atoms with van der Waals surface area (Å²) < 4.78 is 0. The number of carboxylic acids is 1. The van der Waals surface area contributed by atoms with Crippen LogP contribution >= 0.6 is 0 Å². The number of aliphatic hydroxyl groups is 2. The average Bonchev–Trinajstić information content (AvgIpc) is 2.61. The van der Waals surface area contributed by atoms with Crippen molar-refractivity contribution in [2.24, 2.45) is 17.6 Å². The number of aliphatic carboxylic acids is 1. The summed E-state index contributed by atoms with van der Waals surface area (Å²) in [6, 6.07) is -4.95. The number of nitrogens with one attached hydrogen (secondary N) is 3. The molecule has 0 aliphatic rings. The molecule has 0 rings (SSSR count). The fraction of sp³-hybridized carbons (Fsp3) is 0.789.